The maximum absolute atomic E-state index is 12.6. The van der Waals surface area contributed by atoms with Gasteiger partial charge in [-0.25, -0.2) is 4.98 Å². The molecule has 1 heterocycles. The third kappa shape index (κ3) is 3.75. The second kappa shape index (κ2) is 5.98. The van der Waals surface area contributed by atoms with Crippen molar-refractivity contribution in [3.63, 3.8) is 0 Å². The van der Waals surface area contributed by atoms with Crippen LogP contribution in [0.1, 0.15) is 19.5 Å². The van der Waals surface area contributed by atoms with E-state index < -0.39 is 17.9 Å². The van der Waals surface area contributed by atoms with Gasteiger partial charge in [-0.15, -0.1) is 0 Å². The first-order chi connectivity index (χ1) is 9.16. The van der Waals surface area contributed by atoms with Gasteiger partial charge in [0.25, 0.3) is 0 Å². The minimum absolute atomic E-state index is 0.0395. The molecule has 0 aliphatic carbocycles. The zero-order chi connectivity index (χ0) is 15.5. The summed E-state index contributed by atoms with van der Waals surface area (Å²) in [5.74, 6) is -0.239. The fraction of sp³-hybridized carbons (Fsp3) is 0.500. The van der Waals surface area contributed by atoms with Crippen molar-refractivity contribution in [2.75, 3.05) is 24.6 Å². The third-order valence-electron chi connectivity index (χ3n) is 2.82. The summed E-state index contributed by atoms with van der Waals surface area (Å²) in [5.41, 5.74) is 4.61. The number of carbonyl (C=O) groups excluding carboxylic acids is 1. The number of rotatable bonds is 4. The van der Waals surface area contributed by atoms with Crippen LogP contribution in [0, 0.1) is 0 Å². The molecule has 0 aliphatic rings. The Hall–Kier alpha value is -1.99. The van der Waals surface area contributed by atoms with E-state index >= 15 is 0 Å². The number of pyridine rings is 1. The molecule has 1 rings (SSSR count). The molecule has 1 atom stereocenters. The summed E-state index contributed by atoms with van der Waals surface area (Å²) >= 11 is 0. The molecule has 112 valence electrons. The van der Waals surface area contributed by atoms with Crippen LogP contribution in [-0.2, 0) is 11.0 Å². The lowest BCUT2D eigenvalue weighted by atomic mass is 10.2. The molecule has 1 amide bonds. The van der Waals surface area contributed by atoms with Crippen molar-refractivity contribution >= 4 is 17.3 Å². The number of nitrogens with two attached hydrogens (primary N) is 1. The average Bonchev–Trinajstić information content (AvgIpc) is 2.38. The van der Waals surface area contributed by atoms with E-state index in [2.05, 4.69) is 10.3 Å². The first kappa shape index (κ1) is 16.1. The number of carbonyl (C=O) groups is 1. The Morgan fingerprint density at radius 3 is 2.65 bits per heavy atom. The zero-order valence-electron chi connectivity index (χ0n) is 11.5. The normalized spacial score (nSPS) is 12.9. The van der Waals surface area contributed by atoms with Crippen molar-refractivity contribution in [3.8, 4) is 0 Å². The first-order valence-electron chi connectivity index (χ1n) is 6.01. The van der Waals surface area contributed by atoms with Crippen molar-refractivity contribution in [3.05, 3.63) is 18.0 Å². The van der Waals surface area contributed by atoms with E-state index in [1.165, 1.54) is 4.90 Å². The maximum Gasteiger partial charge on any atom is 0.433 e. The first-order valence-corrected chi connectivity index (χ1v) is 6.01. The molecular weight excluding hydrogens is 273 g/mol. The van der Waals surface area contributed by atoms with Gasteiger partial charge in [-0.05, 0) is 19.9 Å². The molecule has 0 radical (unpaired) electrons. The summed E-state index contributed by atoms with van der Waals surface area (Å²) in [5, 5.41) is 2.68. The molecule has 0 fully saturated rings. The van der Waals surface area contributed by atoms with Crippen LogP contribution in [0.25, 0.3) is 0 Å². The van der Waals surface area contributed by atoms with Crippen LogP contribution in [0.15, 0.2) is 12.3 Å². The SMILES string of the molecule is CCN(C)C(=O)C(C)Nc1cc(C(F)(F)F)ncc1N. The van der Waals surface area contributed by atoms with Gasteiger partial charge in [0.05, 0.1) is 17.6 Å². The van der Waals surface area contributed by atoms with E-state index in [1.54, 1.807) is 20.9 Å². The number of alkyl halides is 3. The molecule has 0 saturated heterocycles. The third-order valence-corrected chi connectivity index (χ3v) is 2.82. The Morgan fingerprint density at radius 1 is 1.55 bits per heavy atom. The Labute approximate surface area is 115 Å². The maximum atomic E-state index is 12.6. The molecule has 0 spiro atoms. The molecule has 1 aromatic heterocycles. The topological polar surface area (TPSA) is 71.2 Å². The smallest absolute Gasteiger partial charge is 0.396 e. The molecule has 1 unspecified atom stereocenters. The lowest BCUT2D eigenvalue weighted by molar-refractivity contribution is -0.141. The second-order valence-electron chi connectivity index (χ2n) is 4.37. The second-order valence-corrected chi connectivity index (χ2v) is 4.37. The van der Waals surface area contributed by atoms with Crippen LogP contribution in [0.4, 0.5) is 24.5 Å². The summed E-state index contributed by atoms with van der Waals surface area (Å²) in [7, 11) is 1.61. The van der Waals surface area contributed by atoms with Gasteiger partial charge in [0.2, 0.25) is 5.91 Å². The Kier molecular flexibility index (Phi) is 4.80. The van der Waals surface area contributed by atoms with E-state index in [-0.39, 0.29) is 17.3 Å². The lowest BCUT2D eigenvalue weighted by Gasteiger charge is -2.22. The molecule has 0 aromatic carbocycles. The lowest BCUT2D eigenvalue weighted by Crippen LogP contribution is -2.39. The van der Waals surface area contributed by atoms with Gasteiger partial charge in [-0.2, -0.15) is 13.2 Å². The number of nitrogens with zero attached hydrogens (tertiary/aromatic N) is 2. The van der Waals surface area contributed by atoms with Gasteiger partial charge in [0, 0.05) is 13.6 Å². The number of anilines is 2. The minimum Gasteiger partial charge on any atom is -0.396 e. The van der Waals surface area contributed by atoms with Gasteiger partial charge in [-0.1, -0.05) is 0 Å². The predicted molar refractivity (Wildman–Crippen MR) is 70.0 cm³/mol. The summed E-state index contributed by atoms with van der Waals surface area (Å²) < 4.78 is 37.7. The summed E-state index contributed by atoms with van der Waals surface area (Å²) in [6.07, 6.45) is -3.64. The van der Waals surface area contributed by atoms with Gasteiger partial charge in [0.15, 0.2) is 0 Å². The van der Waals surface area contributed by atoms with Crippen LogP contribution in [0.2, 0.25) is 0 Å². The van der Waals surface area contributed by atoms with Gasteiger partial charge in [0.1, 0.15) is 11.7 Å². The monoisotopic (exact) mass is 290 g/mol. The standard InChI is InChI=1S/C12H17F3N4O/c1-4-19(3)11(20)7(2)18-9-5-10(12(13,14)15)17-6-8(9)16/h5-7H,4,16H2,1-3H3,(H,17,18). The highest BCUT2D eigenvalue weighted by atomic mass is 19.4. The highest BCUT2D eigenvalue weighted by Crippen LogP contribution is 2.31. The Bertz CT molecular complexity index is 490. The molecule has 20 heavy (non-hydrogen) atoms. The number of nitrogens with one attached hydrogen (secondary N) is 1. The quantitative estimate of drug-likeness (QED) is 0.889. The van der Waals surface area contributed by atoms with Crippen LogP contribution in [0.3, 0.4) is 0 Å². The average molecular weight is 290 g/mol. The zero-order valence-corrected chi connectivity index (χ0v) is 11.5. The number of hydrogen-bond donors (Lipinski definition) is 2. The van der Waals surface area contributed by atoms with Crippen molar-refractivity contribution in [1.29, 1.82) is 0 Å². The number of aromatic nitrogens is 1. The van der Waals surface area contributed by atoms with E-state index in [4.69, 9.17) is 5.73 Å². The van der Waals surface area contributed by atoms with E-state index in [1.807, 2.05) is 0 Å². The molecule has 3 N–H and O–H groups in total. The Balaban J connectivity index is 2.95. The van der Waals surface area contributed by atoms with Crippen molar-refractivity contribution < 1.29 is 18.0 Å². The molecule has 5 nitrogen and oxygen atoms in total. The van der Waals surface area contributed by atoms with Gasteiger partial charge < -0.3 is 16.0 Å². The van der Waals surface area contributed by atoms with Gasteiger partial charge >= 0.3 is 6.18 Å². The van der Waals surface area contributed by atoms with E-state index in [9.17, 15) is 18.0 Å². The predicted octanol–water partition coefficient (Wildman–Crippen LogP) is 1.96. The van der Waals surface area contributed by atoms with Crippen LogP contribution in [0.5, 0.6) is 0 Å². The van der Waals surface area contributed by atoms with E-state index in [0.717, 1.165) is 12.3 Å². The molecule has 0 aliphatic heterocycles. The van der Waals surface area contributed by atoms with Crippen molar-refractivity contribution in [2.45, 2.75) is 26.1 Å². The van der Waals surface area contributed by atoms with E-state index in [0.29, 0.717) is 6.54 Å². The van der Waals surface area contributed by atoms with Crippen LogP contribution < -0.4 is 11.1 Å². The fourth-order valence-electron chi connectivity index (χ4n) is 1.53. The Morgan fingerprint density at radius 2 is 2.15 bits per heavy atom. The van der Waals surface area contributed by atoms with Crippen molar-refractivity contribution in [1.82, 2.24) is 9.88 Å². The largest absolute Gasteiger partial charge is 0.433 e. The molecular formula is C12H17F3N4O. The highest BCUT2D eigenvalue weighted by Gasteiger charge is 2.33. The number of hydrogen-bond acceptors (Lipinski definition) is 4. The van der Waals surface area contributed by atoms with Crippen molar-refractivity contribution in [2.24, 2.45) is 0 Å². The van der Waals surface area contributed by atoms with Gasteiger partial charge in [-0.3, -0.25) is 4.79 Å². The molecule has 1 aromatic rings. The number of amides is 1. The number of halogens is 3. The number of nitrogen functional groups attached to an aromatic ring is 1. The van der Waals surface area contributed by atoms with Crippen LogP contribution in [-0.4, -0.2) is 35.4 Å². The molecule has 0 saturated carbocycles. The number of likely N-dealkylation sites (N-methyl/N-ethyl adjacent to an activating group) is 1. The fourth-order valence-corrected chi connectivity index (χ4v) is 1.53. The highest BCUT2D eigenvalue weighted by molar-refractivity contribution is 5.85. The summed E-state index contributed by atoms with van der Waals surface area (Å²) in [4.78, 5) is 16.5. The minimum atomic E-state index is -4.56. The molecule has 0 bridgehead atoms. The van der Waals surface area contributed by atoms with Crippen LogP contribution >= 0.6 is 0 Å². The summed E-state index contributed by atoms with van der Waals surface area (Å²) in [6.45, 7) is 3.86. The summed E-state index contributed by atoms with van der Waals surface area (Å²) in [6, 6.07) is 0.108. The molecule has 8 heteroatoms.